The summed E-state index contributed by atoms with van der Waals surface area (Å²) in [5.74, 6) is -0.720. The lowest BCUT2D eigenvalue weighted by molar-refractivity contribution is -0.140. The van der Waals surface area contributed by atoms with Gasteiger partial charge in [-0.25, -0.2) is 4.39 Å². The van der Waals surface area contributed by atoms with Crippen LogP contribution in [0.1, 0.15) is 45.6 Å². The summed E-state index contributed by atoms with van der Waals surface area (Å²) in [6, 6.07) is 5.45. The molecule has 0 spiro atoms. The van der Waals surface area contributed by atoms with Crippen LogP contribution in [0.15, 0.2) is 24.3 Å². The Balaban J connectivity index is 2.16. The van der Waals surface area contributed by atoms with Gasteiger partial charge in [-0.15, -0.1) is 0 Å². The fourth-order valence-electron chi connectivity index (χ4n) is 3.47. The minimum atomic E-state index is -0.558. The standard InChI is InChI=1S/C21H31FN2O3/c1-14(2)13-18(21(26)24-9-11-27-12-10-24)23-20(25)19(15(3)4)16-5-7-17(22)8-6-16/h5-8,14-15,18-19H,9-13H2,1-4H3,(H,23,25)/t18-,19?/m0/s1. The van der Waals surface area contributed by atoms with Gasteiger partial charge in [0.2, 0.25) is 11.8 Å². The van der Waals surface area contributed by atoms with Crippen molar-refractivity contribution in [3.8, 4) is 0 Å². The zero-order chi connectivity index (χ0) is 20.0. The monoisotopic (exact) mass is 378 g/mol. The summed E-state index contributed by atoms with van der Waals surface area (Å²) >= 11 is 0. The van der Waals surface area contributed by atoms with Crippen LogP contribution >= 0.6 is 0 Å². The molecule has 2 rings (SSSR count). The SMILES string of the molecule is CC(C)C[C@H](NC(=O)C(c1ccc(F)cc1)C(C)C)C(=O)N1CCOCC1. The molecule has 1 aromatic carbocycles. The van der Waals surface area contributed by atoms with Crippen molar-refractivity contribution < 1.29 is 18.7 Å². The maximum Gasteiger partial charge on any atom is 0.245 e. The van der Waals surface area contributed by atoms with Crippen molar-refractivity contribution in [3.63, 3.8) is 0 Å². The molecule has 1 unspecified atom stereocenters. The molecule has 0 bridgehead atoms. The number of carbonyl (C=O) groups is 2. The Hall–Kier alpha value is -1.95. The van der Waals surface area contributed by atoms with E-state index in [-0.39, 0.29) is 29.5 Å². The van der Waals surface area contributed by atoms with Gasteiger partial charge in [0.15, 0.2) is 0 Å². The van der Waals surface area contributed by atoms with Crippen molar-refractivity contribution in [2.24, 2.45) is 11.8 Å². The molecule has 0 aromatic heterocycles. The zero-order valence-corrected chi connectivity index (χ0v) is 16.7. The second-order valence-electron chi connectivity index (χ2n) is 7.90. The third-order valence-corrected chi connectivity index (χ3v) is 4.82. The van der Waals surface area contributed by atoms with Gasteiger partial charge < -0.3 is 15.0 Å². The second-order valence-corrected chi connectivity index (χ2v) is 7.90. The molecular formula is C21H31FN2O3. The molecule has 0 aliphatic carbocycles. The van der Waals surface area contributed by atoms with E-state index < -0.39 is 12.0 Å². The van der Waals surface area contributed by atoms with Gasteiger partial charge >= 0.3 is 0 Å². The van der Waals surface area contributed by atoms with Crippen LogP contribution in [-0.4, -0.2) is 49.1 Å². The molecule has 1 fully saturated rings. The third-order valence-electron chi connectivity index (χ3n) is 4.82. The van der Waals surface area contributed by atoms with Crippen LogP contribution in [0, 0.1) is 17.7 Å². The molecule has 1 saturated heterocycles. The maximum atomic E-state index is 13.3. The number of carbonyl (C=O) groups excluding carboxylic acids is 2. The van der Waals surface area contributed by atoms with Gasteiger partial charge in [-0.05, 0) is 36.0 Å². The van der Waals surface area contributed by atoms with E-state index in [4.69, 9.17) is 4.74 Å². The van der Waals surface area contributed by atoms with Gasteiger partial charge in [0.1, 0.15) is 11.9 Å². The molecule has 6 heteroatoms. The quantitative estimate of drug-likeness (QED) is 0.794. The zero-order valence-electron chi connectivity index (χ0n) is 16.7. The first-order valence-corrected chi connectivity index (χ1v) is 9.72. The van der Waals surface area contributed by atoms with Gasteiger partial charge in [0.05, 0.1) is 19.1 Å². The molecule has 1 heterocycles. The molecule has 2 amide bonds. The molecule has 27 heavy (non-hydrogen) atoms. The van der Waals surface area contributed by atoms with E-state index in [1.165, 1.54) is 12.1 Å². The van der Waals surface area contributed by atoms with Crippen LogP contribution in [-0.2, 0) is 14.3 Å². The molecular weight excluding hydrogens is 347 g/mol. The Bertz CT molecular complexity index is 625. The molecule has 0 radical (unpaired) electrons. The van der Waals surface area contributed by atoms with Crippen molar-refractivity contribution in [1.82, 2.24) is 10.2 Å². The average Bonchev–Trinajstić information content (AvgIpc) is 2.62. The highest BCUT2D eigenvalue weighted by Crippen LogP contribution is 2.25. The minimum Gasteiger partial charge on any atom is -0.378 e. The van der Waals surface area contributed by atoms with Crippen molar-refractivity contribution in [1.29, 1.82) is 0 Å². The fourth-order valence-corrected chi connectivity index (χ4v) is 3.47. The maximum absolute atomic E-state index is 13.3. The van der Waals surface area contributed by atoms with Gasteiger partial charge in [-0.1, -0.05) is 39.8 Å². The van der Waals surface area contributed by atoms with Gasteiger partial charge in [0, 0.05) is 13.1 Å². The highest BCUT2D eigenvalue weighted by molar-refractivity contribution is 5.90. The number of hydrogen-bond donors (Lipinski definition) is 1. The molecule has 5 nitrogen and oxygen atoms in total. The van der Waals surface area contributed by atoms with Crippen LogP contribution in [0.4, 0.5) is 4.39 Å². The van der Waals surface area contributed by atoms with Gasteiger partial charge in [-0.2, -0.15) is 0 Å². The molecule has 2 atom stereocenters. The van der Waals surface area contributed by atoms with Crippen molar-refractivity contribution in [3.05, 3.63) is 35.6 Å². The topological polar surface area (TPSA) is 58.6 Å². The highest BCUT2D eigenvalue weighted by Gasteiger charge is 2.31. The van der Waals surface area contributed by atoms with Crippen molar-refractivity contribution >= 4 is 11.8 Å². The predicted molar refractivity (Wildman–Crippen MR) is 103 cm³/mol. The molecule has 1 aliphatic heterocycles. The molecule has 1 aromatic rings. The number of halogens is 1. The Morgan fingerprint density at radius 3 is 2.22 bits per heavy atom. The highest BCUT2D eigenvalue weighted by atomic mass is 19.1. The number of nitrogens with one attached hydrogen (secondary N) is 1. The van der Waals surface area contributed by atoms with Crippen LogP contribution in [0.25, 0.3) is 0 Å². The minimum absolute atomic E-state index is 0.0219. The van der Waals surface area contributed by atoms with Gasteiger partial charge in [-0.3, -0.25) is 9.59 Å². The van der Waals surface area contributed by atoms with Crippen LogP contribution < -0.4 is 5.32 Å². The number of hydrogen-bond acceptors (Lipinski definition) is 3. The van der Waals surface area contributed by atoms with Crippen LogP contribution in [0.3, 0.4) is 0 Å². The first-order valence-electron chi connectivity index (χ1n) is 9.72. The van der Waals surface area contributed by atoms with Crippen LogP contribution in [0.2, 0.25) is 0 Å². The van der Waals surface area contributed by atoms with E-state index in [9.17, 15) is 14.0 Å². The predicted octanol–water partition coefficient (Wildman–Crippen LogP) is 2.96. The fraction of sp³-hybridized carbons (Fsp3) is 0.619. The Labute approximate surface area is 161 Å². The van der Waals surface area contributed by atoms with Crippen molar-refractivity contribution in [2.45, 2.75) is 46.1 Å². The normalized spacial score (nSPS) is 17.1. The summed E-state index contributed by atoms with van der Waals surface area (Å²) in [5.41, 5.74) is 0.756. The number of benzene rings is 1. The first-order chi connectivity index (χ1) is 12.8. The van der Waals surface area contributed by atoms with Crippen molar-refractivity contribution in [2.75, 3.05) is 26.3 Å². The second kappa shape index (κ2) is 9.83. The largest absolute Gasteiger partial charge is 0.378 e. The Morgan fingerprint density at radius 2 is 1.70 bits per heavy atom. The van der Waals surface area contributed by atoms with E-state index in [0.717, 1.165) is 5.56 Å². The first kappa shape index (κ1) is 21.4. The van der Waals surface area contributed by atoms with E-state index in [0.29, 0.717) is 32.7 Å². The number of rotatable bonds is 7. The number of morpholine rings is 1. The summed E-state index contributed by atoms with van der Waals surface area (Å²) < 4.78 is 18.6. The third kappa shape index (κ3) is 6.03. The number of ether oxygens (including phenoxy) is 1. The van der Waals surface area contributed by atoms with Gasteiger partial charge in [0.25, 0.3) is 0 Å². The van der Waals surface area contributed by atoms with E-state index >= 15 is 0 Å². The summed E-state index contributed by atoms with van der Waals surface area (Å²) in [6.45, 7) is 10.1. The number of amides is 2. The lowest BCUT2D eigenvalue weighted by atomic mass is 9.87. The summed E-state index contributed by atoms with van der Waals surface area (Å²) in [4.78, 5) is 27.8. The summed E-state index contributed by atoms with van der Waals surface area (Å²) in [7, 11) is 0. The lowest BCUT2D eigenvalue weighted by Gasteiger charge is -2.32. The Morgan fingerprint density at radius 1 is 1.11 bits per heavy atom. The smallest absolute Gasteiger partial charge is 0.245 e. The molecule has 150 valence electrons. The molecule has 1 aliphatic rings. The lowest BCUT2D eigenvalue weighted by Crippen LogP contribution is -2.53. The molecule has 1 N–H and O–H groups in total. The summed E-state index contributed by atoms with van der Waals surface area (Å²) in [6.07, 6.45) is 0.580. The molecule has 0 saturated carbocycles. The van der Waals surface area contributed by atoms with E-state index in [2.05, 4.69) is 5.32 Å². The van der Waals surface area contributed by atoms with E-state index in [1.807, 2.05) is 27.7 Å². The number of nitrogens with zero attached hydrogens (tertiary/aromatic N) is 1. The van der Waals surface area contributed by atoms with Crippen LogP contribution in [0.5, 0.6) is 0 Å². The Kier molecular flexibility index (Phi) is 7.78. The van der Waals surface area contributed by atoms with E-state index in [1.54, 1.807) is 17.0 Å². The summed E-state index contributed by atoms with van der Waals surface area (Å²) in [5, 5.41) is 2.98. The average molecular weight is 378 g/mol.